The van der Waals surface area contributed by atoms with Gasteiger partial charge in [-0.05, 0) is 69.3 Å². The first-order valence-electron chi connectivity index (χ1n) is 12.6. The predicted octanol–water partition coefficient (Wildman–Crippen LogP) is 5.72. The molecule has 0 saturated carbocycles. The number of nitrogens with zero attached hydrogens (tertiary/aromatic N) is 2. The second-order valence-corrected chi connectivity index (χ2v) is 10.9. The van der Waals surface area contributed by atoms with Crippen LogP contribution in [0.3, 0.4) is 0 Å². The Labute approximate surface area is 219 Å². The van der Waals surface area contributed by atoms with Crippen molar-refractivity contribution >= 4 is 29.2 Å². The van der Waals surface area contributed by atoms with Crippen molar-refractivity contribution in [2.45, 2.75) is 50.7 Å². The standard InChI is InChI=1S/C28H36Cl2N2O3/c1-28(27(33)34-2,19-21-6-4-3-5-7-21)32-16-10-22(11-17-32)20-31-14-12-23(13-15-31)35-24-8-9-25(29)26(30)18-24/h3-9,18,22-23H,10-17,19-20H2,1-2H3. The maximum atomic E-state index is 12.8. The van der Waals surface area contributed by atoms with E-state index in [4.69, 9.17) is 32.7 Å². The summed E-state index contributed by atoms with van der Waals surface area (Å²) in [6, 6.07) is 15.7. The summed E-state index contributed by atoms with van der Waals surface area (Å²) in [7, 11) is 1.49. The topological polar surface area (TPSA) is 42.0 Å². The first kappa shape index (κ1) is 26.3. The minimum Gasteiger partial charge on any atom is -0.490 e. The molecule has 2 fully saturated rings. The Morgan fingerprint density at radius 1 is 0.971 bits per heavy atom. The van der Waals surface area contributed by atoms with Crippen molar-refractivity contribution in [1.29, 1.82) is 0 Å². The van der Waals surface area contributed by atoms with Gasteiger partial charge in [-0.1, -0.05) is 53.5 Å². The molecule has 190 valence electrons. The van der Waals surface area contributed by atoms with Gasteiger partial charge in [0.2, 0.25) is 0 Å². The van der Waals surface area contributed by atoms with Crippen LogP contribution in [0.25, 0.3) is 0 Å². The number of carbonyl (C=O) groups excluding carboxylic acids is 1. The average molecular weight is 520 g/mol. The van der Waals surface area contributed by atoms with Gasteiger partial charge in [0.05, 0.1) is 17.2 Å². The van der Waals surface area contributed by atoms with Crippen LogP contribution in [0.4, 0.5) is 0 Å². The number of carbonyl (C=O) groups is 1. The van der Waals surface area contributed by atoms with E-state index < -0.39 is 5.54 Å². The number of esters is 1. The zero-order valence-corrected chi connectivity index (χ0v) is 22.2. The molecule has 35 heavy (non-hydrogen) atoms. The lowest BCUT2D eigenvalue weighted by atomic mass is 9.86. The number of halogens is 2. The zero-order chi connectivity index (χ0) is 24.8. The number of rotatable bonds is 8. The van der Waals surface area contributed by atoms with Crippen LogP contribution in [0.15, 0.2) is 48.5 Å². The summed E-state index contributed by atoms with van der Waals surface area (Å²) in [5.74, 6) is 1.29. The van der Waals surface area contributed by atoms with E-state index in [1.807, 2.05) is 31.2 Å². The molecule has 7 heteroatoms. The zero-order valence-electron chi connectivity index (χ0n) is 20.7. The molecule has 1 atom stereocenters. The van der Waals surface area contributed by atoms with Gasteiger partial charge in [0.1, 0.15) is 17.4 Å². The third-order valence-electron chi connectivity index (χ3n) is 7.57. The molecular weight excluding hydrogens is 483 g/mol. The Morgan fingerprint density at radius 2 is 1.66 bits per heavy atom. The third kappa shape index (κ3) is 6.71. The van der Waals surface area contributed by atoms with Crippen molar-refractivity contribution in [2.75, 3.05) is 39.8 Å². The highest BCUT2D eigenvalue weighted by atomic mass is 35.5. The van der Waals surface area contributed by atoms with Crippen molar-refractivity contribution in [2.24, 2.45) is 5.92 Å². The first-order valence-corrected chi connectivity index (χ1v) is 13.3. The molecule has 2 aliphatic heterocycles. The van der Waals surface area contributed by atoms with Crippen LogP contribution < -0.4 is 4.74 Å². The van der Waals surface area contributed by atoms with Gasteiger partial charge in [0.15, 0.2) is 0 Å². The molecule has 1 unspecified atom stereocenters. The number of hydrogen-bond acceptors (Lipinski definition) is 5. The van der Waals surface area contributed by atoms with Gasteiger partial charge in [-0.25, -0.2) is 0 Å². The number of benzene rings is 2. The fourth-order valence-corrected chi connectivity index (χ4v) is 5.74. The molecule has 0 aliphatic carbocycles. The van der Waals surface area contributed by atoms with E-state index in [-0.39, 0.29) is 12.1 Å². The van der Waals surface area contributed by atoms with Crippen molar-refractivity contribution in [3.63, 3.8) is 0 Å². The summed E-state index contributed by atoms with van der Waals surface area (Å²) < 4.78 is 11.4. The first-order chi connectivity index (χ1) is 16.9. The van der Waals surface area contributed by atoms with Crippen LogP contribution in [0, 0.1) is 5.92 Å². The number of hydrogen-bond donors (Lipinski definition) is 0. The van der Waals surface area contributed by atoms with Crippen LogP contribution in [-0.2, 0) is 16.0 Å². The van der Waals surface area contributed by atoms with Crippen LogP contribution in [-0.4, -0.2) is 67.2 Å². The van der Waals surface area contributed by atoms with Crippen LogP contribution in [0.1, 0.15) is 38.2 Å². The van der Waals surface area contributed by atoms with Gasteiger partial charge in [-0.3, -0.25) is 9.69 Å². The molecule has 0 amide bonds. The number of piperidine rings is 2. The summed E-state index contributed by atoms with van der Waals surface area (Å²) in [5.41, 5.74) is 0.523. The Kier molecular flexibility index (Phi) is 8.98. The van der Waals surface area contributed by atoms with Gasteiger partial charge >= 0.3 is 5.97 Å². The minimum atomic E-state index is -0.638. The van der Waals surface area contributed by atoms with Crippen molar-refractivity contribution in [3.05, 3.63) is 64.1 Å². The molecule has 0 aromatic heterocycles. The minimum absolute atomic E-state index is 0.149. The molecule has 2 heterocycles. The smallest absolute Gasteiger partial charge is 0.326 e. The van der Waals surface area contributed by atoms with Gasteiger partial charge in [-0.15, -0.1) is 0 Å². The summed E-state index contributed by atoms with van der Waals surface area (Å²) in [4.78, 5) is 17.7. The van der Waals surface area contributed by atoms with Gasteiger partial charge < -0.3 is 14.4 Å². The maximum absolute atomic E-state index is 12.8. The Bertz CT molecular complexity index is 973. The Morgan fingerprint density at radius 3 is 2.29 bits per heavy atom. The number of methoxy groups -OCH3 is 1. The number of likely N-dealkylation sites (tertiary alicyclic amines) is 2. The lowest BCUT2D eigenvalue weighted by molar-refractivity contribution is -0.155. The highest BCUT2D eigenvalue weighted by Gasteiger charge is 2.42. The van der Waals surface area contributed by atoms with E-state index in [2.05, 4.69) is 21.9 Å². The summed E-state index contributed by atoms with van der Waals surface area (Å²) in [5, 5.41) is 1.08. The van der Waals surface area contributed by atoms with E-state index in [1.54, 1.807) is 12.1 Å². The lowest BCUT2D eigenvalue weighted by Crippen LogP contribution is -2.57. The molecule has 0 spiro atoms. The fourth-order valence-electron chi connectivity index (χ4n) is 5.45. The fraction of sp³-hybridized carbons (Fsp3) is 0.536. The van der Waals surface area contributed by atoms with E-state index in [9.17, 15) is 4.79 Å². The molecule has 2 aromatic carbocycles. The summed E-state index contributed by atoms with van der Waals surface area (Å²) in [6.45, 7) is 7.06. The van der Waals surface area contributed by atoms with Crippen LogP contribution >= 0.6 is 23.2 Å². The predicted molar refractivity (Wildman–Crippen MR) is 141 cm³/mol. The van der Waals surface area contributed by atoms with Crippen molar-refractivity contribution < 1.29 is 14.3 Å². The second kappa shape index (κ2) is 12.0. The largest absolute Gasteiger partial charge is 0.490 e. The lowest BCUT2D eigenvalue weighted by Gasteiger charge is -2.44. The molecular formula is C28H36Cl2N2O3. The van der Waals surface area contributed by atoms with Crippen molar-refractivity contribution in [1.82, 2.24) is 9.80 Å². The Balaban J connectivity index is 1.25. The van der Waals surface area contributed by atoms with Gasteiger partial charge in [0.25, 0.3) is 0 Å². The third-order valence-corrected chi connectivity index (χ3v) is 8.31. The average Bonchev–Trinajstić information content (AvgIpc) is 2.88. The van der Waals surface area contributed by atoms with Crippen LogP contribution in [0.2, 0.25) is 10.0 Å². The molecule has 2 aliphatic rings. The normalized spacial score (nSPS) is 20.3. The second-order valence-electron chi connectivity index (χ2n) is 10.1. The molecule has 2 saturated heterocycles. The van der Waals surface area contributed by atoms with Crippen molar-refractivity contribution in [3.8, 4) is 5.75 Å². The molecule has 4 rings (SSSR count). The van der Waals surface area contributed by atoms with E-state index in [1.165, 1.54) is 7.11 Å². The summed E-state index contributed by atoms with van der Waals surface area (Å²) >= 11 is 12.1. The quantitative estimate of drug-likeness (QED) is 0.417. The highest BCUT2D eigenvalue weighted by Crippen LogP contribution is 2.31. The van der Waals surface area contributed by atoms with E-state index >= 15 is 0 Å². The molecule has 0 bridgehead atoms. The monoisotopic (exact) mass is 518 g/mol. The van der Waals surface area contributed by atoms with E-state index in [0.717, 1.165) is 69.7 Å². The SMILES string of the molecule is COC(=O)C(C)(Cc1ccccc1)N1CCC(CN2CCC(Oc3ccc(Cl)c(Cl)c3)CC2)CC1. The molecule has 0 N–H and O–H groups in total. The molecule has 0 radical (unpaired) electrons. The van der Waals surface area contributed by atoms with Gasteiger partial charge in [0, 0.05) is 32.1 Å². The molecule has 5 nitrogen and oxygen atoms in total. The molecule has 2 aromatic rings. The Hall–Kier alpha value is -1.79. The highest BCUT2D eigenvalue weighted by molar-refractivity contribution is 6.42. The van der Waals surface area contributed by atoms with E-state index in [0.29, 0.717) is 22.4 Å². The van der Waals surface area contributed by atoms with Crippen LogP contribution in [0.5, 0.6) is 5.75 Å². The van der Waals surface area contributed by atoms with Gasteiger partial charge in [-0.2, -0.15) is 0 Å². The summed E-state index contributed by atoms with van der Waals surface area (Å²) in [6.07, 6.45) is 5.09. The maximum Gasteiger partial charge on any atom is 0.326 e. The number of ether oxygens (including phenoxy) is 2.